The van der Waals surface area contributed by atoms with Gasteiger partial charge in [-0.2, -0.15) is 0 Å². The summed E-state index contributed by atoms with van der Waals surface area (Å²) in [5.74, 6) is -1.26. The Labute approximate surface area is 152 Å². The summed E-state index contributed by atoms with van der Waals surface area (Å²) in [6.45, 7) is -0.738. The molecule has 0 atom stereocenters. The highest BCUT2D eigenvalue weighted by atomic mass is 16.6. The molecule has 1 aromatic heterocycles. The summed E-state index contributed by atoms with van der Waals surface area (Å²) in [5, 5.41) is 2.81. The minimum Gasteiger partial charge on any atom is -0.461 e. The van der Waals surface area contributed by atoms with Crippen molar-refractivity contribution in [2.75, 3.05) is 13.2 Å². The molecule has 0 bridgehead atoms. The molecule has 0 saturated heterocycles. The molecule has 1 N–H and O–H groups in total. The second-order valence-corrected chi connectivity index (χ2v) is 5.60. The van der Waals surface area contributed by atoms with Gasteiger partial charge < -0.3 is 9.47 Å². The van der Waals surface area contributed by atoms with Crippen LogP contribution in [0.5, 0.6) is 0 Å². The molecule has 0 radical (unpaired) electrons. The third-order valence-electron chi connectivity index (χ3n) is 3.76. The van der Waals surface area contributed by atoms with Crippen molar-refractivity contribution in [3.05, 3.63) is 80.9 Å². The topological polar surface area (TPSA) is 107 Å². The molecule has 3 aromatic rings. The smallest absolute Gasteiger partial charge is 0.338 e. The highest BCUT2D eigenvalue weighted by molar-refractivity contribution is 5.89. The van der Waals surface area contributed by atoms with Crippen LogP contribution < -0.4 is 11.1 Å². The molecule has 0 fully saturated rings. The lowest BCUT2D eigenvalue weighted by molar-refractivity contribution is -0.145. The number of carbonyl (C=O) groups excluding carboxylic acids is 2. The van der Waals surface area contributed by atoms with Gasteiger partial charge in [-0.25, -0.2) is 9.48 Å². The van der Waals surface area contributed by atoms with Crippen LogP contribution in [0.25, 0.3) is 10.8 Å². The Morgan fingerprint density at radius 2 is 1.48 bits per heavy atom. The Morgan fingerprint density at radius 3 is 2.22 bits per heavy atom. The molecule has 8 nitrogen and oxygen atoms in total. The van der Waals surface area contributed by atoms with Gasteiger partial charge in [-0.05, 0) is 24.3 Å². The zero-order valence-corrected chi connectivity index (χ0v) is 14.2. The van der Waals surface area contributed by atoms with Crippen LogP contribution in [0.15, 0.2) is 64.2 Å². The Hall–Kier alpha value is -3.68. The quantitative estimate of drug-likeness (QED) is 0.515. The normalized spacial score (nSPS) is 10.5. The average Bonchev–Trinajstić information content (AvgIpc) is 2.70. The summed E-state index contributed by atoms with van der Waals surface area (Å²) in [7, 11) is 0. The van der Waals surface area contributed by atoms with E-state index >= 15 is 0 Å². The number of benzene rings is 2. The molecule has 0 unspecified atom stereocenters. The number of hydrogen-bond donors (Lipinski definition) is 1. The molecule has 1 heterocycles. The van der Waals surface area contributed by atoms with Crippen LogP contribution in [0.3, 0.4) is 0 Å². The van der Waals surface area contributed by atoms with Gasteiger partial charge in [0.15, 0.2) is 0 Å². The molecule has 0 amide bonds. The predicted octanol–water partition coefficient (Wildman–Crippen LogP) is 1.09. The van der Waals surface area contributed by atoms with E-state index in [4.69, 9.17) is 9.47 Å². The molecule has 2 aromatic carbocycles. The van der Waals surface area contributed by atoms with Gasteiger partial charge >= 0.3 is 11.9 Å². The standard InChI is InChI=1S/C19H16N2O6/c22-16(26-10-11-27-19(25)13-6-2-1-3-7-13)12-21-18(24)15-9-5-4-8-14(15)17(23)20-21/h1-9H,10-12H2,(H,20,23). The van der Waals surface area contributed by atoms with E-state index in [2.05, 4.69) is 5.10 Å². The van der Waals surface area contributed by atoms with Gasteiger partial charge in [0.2, 0.25) is 0 Å². The van der Waals surface area contributed by atoms with E-state index in [1.165, 1.54) is 12.1 Å². The van der Waals surface area contributed by atoms with Gasteiger partial charge in [0.1, 0.15) is 19.8 Å². The summed E-state index contributed by atoms with van der Waals surface area (Å²) in [4.78, 5) is 47.9. The summed E-state index contributed by atoms with van der Waals surface area (Å²) in [6.07, 6.45) is 0. The molecule has 27 heavy (non-hydrogen) atoms. The number of H-pyrrole nitrogens is 1. The van der Waals surface area contributed by atoms with E-state index in [-0.39, 0.29) is 24.0 Å². The van der Waals surface area contributed by atoms with Gasteiger partial charge in [-0.3, -0.25) is 19.5 Å². The third kappa shape index (κ3) is 4.30. The number of aromatic nitrogens is 2. The van der Waals surface area contributed by atoms with Crippen molar-refractivity contribution < 1.29 is 19.1 Å². The van der Waals surface area contributed by atoms with E-state index in [0.717, 1.165) is 4.68 Å². The number of rotatable bonds is 6. The van der Waals surface area contributed by atoms with E-state index in [9.17, 15) is 19.2 Å². The number of aromatic amines is 1. The second-order valence-electron chi connectivity index (χ2n) is 5.60. The lowest BCUT2D eigenvalue weighted by Gasteiger charge is -2.08. The van der Waals surface area contributed by atoms with Crippen LogP contribution in [0.2, 0.25) is 0 Å². The number of esters is 2. The molecule has 0 aliphatic rings. The fourth-order valence-electron chi connectivity index (χ4n) is 2.48. The first-order chi connectivity index (χ1) is 13.1. The number of nitrogens with one attached hydrogen (secondary N) is 1. The van der Waals surface area contributed by atoms with E-state index < -0.39 is 29.6 Å². The summed E-state index contributed by atoms with van der Waals surface area (Å²) < 4.78 is 10.8. The molecular formula is C19H16N2O6. The molecule has 0 spiro atoms. The van der Waals surface area contributed by atoms with Gasteiger partial charge in [-0.1, -0.05) is 30.3 Å². The number of fused-ring (bicyclic) bond motifs is 1. The van der Waals surface area contributed by atoms with Crippen LogP contribution in [0.4, 0.5) is 0 Å². The molecule has 3 rings (SSSR count). The first kappa shape index (κ1) is 18.1. The zero-order valence-electron chi connectivity index (χ0n) is 14.2. The lowest BCUT2D eigenvalue weighted by atomic mass is 10.2. The second kappa shape index (κ2) is 8.13. The first-order valence-electron chi connectivity index (χ1n) is 8.16. The molecule has 138 valence electrons. The van der Waals surface area contributed by atoms with E-state index in [0.29, 0.717) is 5.56 Å². The SMILES string of the molecule is O=C(Cn1[nH]c(=O)c2ccccc2c1=O)OCCOC(=O)c1ccccc1. The predicted molar refractivity (Wildman–Crippen MR) is 96.5 cm³/mol. The van der Waals surface area contributed by atoms with Crippen molar-refractivity contribution in [1.29, 1.82) is 0 Å². The monoisotopic (exact) mass is 368 g/mol. The molecular weight excluding hydrogens is 352 g/mol. The number of ether oxygens (including phenoxy) is 2. The highest BCUT2D eigenvalue weighted by Gasteiger charge is 2.11. The first-order valence-corrected chi connectivity index (χ1v) is 8.16. The highest BCUT2D eigenvalue weighted by Crippen LogP contribution is 2.03. The van der Waals surface area contributed by atoms with Gasteiger partial charge in [0.05, 0.1) is 16.3 Å². The Balaban J connectivity index is 1.55. The van der Waals surface area contributed by atoms with Crippen LogP contribution in [-0.4, -0.2) is 34.9 Å². The third-order valence-corrected chi connectivity index (χ3v) is 3.76. The van der Waals surface area contributed by atoms with Crippen LogP contribution in [0, 0.1) is 0 Å². The molecule has 8 heteroatoms. The van der Waals surface area contributed by atoms with E-state index in [1.54, 1.807) is 42.5 Å². The van der Waals surface area contributed by atoms with Crippen molar-refractivity contribution in [3.8, 4) is 0 Å². The maximum Gasteiger partial charge on any atom is 0.338 e. The number of carbonyl (C=O) groups is 2. The Bertz CT molecular complexity index is 1080. The van der Waals surface area contributed by atoms with Gasteiger partial charge in [0, 0.05) is 0 Å². The van der Waals surface area contributed by atoms with Crippen LogP contribution >= 0.6 is 0 Å². The average molecular weight is 368 g/mol. The maximum atomic E-state index is 12.3. The fourth-order valence-corrected chi connectivity index (χ4v) is 2.48. The van der Waals surface area contributed by atoms with Crippen molar-refractivity contribution in [1.82, 2.24) is 9.78 Å². The van der Waals surface area contributed by atoms with Gasteiger partial charge in [-0.15, -0.1) is 0 Å². The summed E-state index contributed by atoms with van der Waals surface area (Å²) in [5.41, 5.74) is -0.587. The number of nitrogens with zero attached hydrogens (tertiary/aromatic N) is 1. The largest absolute Gasteiger partial charge is 0.461 e. The van der Waals surface area contributed by atoms with Crippen molar-refractivity contribution in [3.63, 3.8) is 0 Å². The molecule has 0 saturated carbocycles. The van der Waals surface area contributed by atoms with E-state index in [1.807, 2.05) is 0 Å². The molecule has 0 aliphatic heterocycles. The van der Waals surface area contributed by atoms with Crippen LogP contribution in [-0.2, 0) is 20.8 Å². The number of hydrogen-bond acceptors (Lipinski definition) is 6. The Morgan fingerprint density at radius 1 is 0.852 bits per heavy atom. The fraction of sp³-hybridized carbons (Fsp3) is 0.158. The summed E-state index contributed by atoms with van der Waals surface area (Å²) >= 11 is 0. The molecule has 0 aliphatic carbocycles. The zero-order chi connectivity index (χ0) is 19.2. The summed E-state index contributed by atoms with van der Waals surface area (Å²) in [6, 6.07) is 14.7. The minimum absolute atomic E-state index is 0.122. The maximum absolute atomic E-state index is 12.3. The van der Waals surface area contributed by atoms with Crippen molar-refractivity contribution in [2.45, 2.75) is 6.54 Å². The van der Waals surface area contributed by atoms with Crippen molar-refractivity contribution >= 4 is 22.7 Å². The van der Waals surface area contributed by atoms with Crippen molar-refractivity contribution in [2.24, 2.45) is 0 Å². The lowest BCUT2D eigenvalue weighted by Crippen LogP contribution is -2.33. The Kier molecular flexibility index (Phi) is 5.46. The minimum atomic E-state index is -0.737. The van der Waals surface area contributed by atoms with Crippen LogP contribution in [0.1, 0.15) is 10.4 Å². The van der Waals surface area contributed by atoms with Gasteiger partial charge in [0.25, 0.3) is 11.1 Å².